The standard InChI is InChI=1S/C13H20N2O.ClH/c1-9(2)12(14)8-15-13(16)11-6-4-10(3)5-7-11;/h4-7,9,12H,8,14H2,1-3H3,(H,15,16);1H. The highest BCUT2D eigenvalue weighted by atomic mass is 35.5. The molecule has 1 atom stereocenters. The van der Waals surface area contributed by atoms with Crippen LogP contribution in [0, 0.1) is 12.8 Å². The lowest BCUT2D eigenvalue weighted by atomic mass is 10.1. The summed E-state index contributed by atoms with van der Waals surface area (Å²) in [5.74, 6) is 0.314. The number of carbonyl (C=O) groups excluding carboxylic acids is 1. The quantitative estimate of drug-likeness (QED) is 0.867. The number of aryl methyl sites for hydroxylation is 1. The van der Waals surface area contributed by atoms with E-state index in [1.165, 1.54) is 0 Å². The van der Waals surface area contributed by atoms with Crippen molar-refractivity contribution < 1.29 is 4.79 Å². The number of rotatable bonds is 4. The number of hydrogen-bond donors (Lipinski definition) is 2. The monoisotopic (exact) mass is 256 g/mol. The van der Waals surface area contributed by atoms with Crippen molar-refractivity contribution in [3.05, 3.63) is 35.4 Å². The first-order valence-electron chi connectivity index (χ1n) is 5.61. The Balaban J connectivity index is 0.00000256. The van der Waals surface area contributed by atoms with Crippen molar-refractivity contribution in [3.63, 3.8) is 0 Å². The van der Waals surface area contributed by atoms with Gasteiger partial charge in [-0.15, -0.1) is 12.4 Å². The molecule has 0 aliphatic heterocycles. The zero-order chi connectivity index (χ0) is 12.1. The first kappa shape index (κ1) is 15.9. The summed E-state index contributed by atoms with van der Waals surface area (Å²) in [5, 5.41) is 2.84. The lowest BCUT2D eigenvalue weighted by molar-refractivity contribution is 0.0949. The summed E-state index contributed by atoms with van der Waals surface area (Å²) >= 11 is 0. The molecular formula is C13H21ClN2O. The lowest BCUT2D eigenvalue weighted by Crippen LogP contribution is -2.40. The molecule has 0 spiro atoms. The number of carbonyl (C=O) groups is 1. The fraction of sp³-hybridized carbons (Fsp3) is 0.462. The maximum Gasteiger partial charge on any atom is 0.251 e. The molecule has 3 nitrogen and oxygen atoms in total. The second-order valence-corrected chi connectivity index (χ2v) is 4.48. The maximum absolute atomic E-state index is 11.7. The number of nitrogens with one attached hydrogen (secondary N) is 1. The Labute approximate surface area is 109 Å². The van der Waals surface area contributed by atoms with Crippen molar-refractivity contribution in [1.82, 2.24) is 5.32 Å². The van der Waals surface area contributed by atoms with E-state index in [0.29, 0.717) is 18.0 Å². The van der Waals surface area contributed by atoms with E-state index >= 15 is 0 Å². The topological polar surface area (TPSA) is 55.1 Å². The predicted molar refractivity (Wildman–Crippen MR) is 73.6 cm³/mol. The summed E-state index contributed by atoms with van der Waals surface area (Å²) in [4.78, 5) is 11.7. The SMILES string of the molecule is Cc1ccc(C(=O)NCC(N)C(C)C)cc1.Cl. The molecule has 96 valence electrons. The highest BCUT2D eigenvalue weighted by Crippen LogP contribution is 2.03. The van der Waals surface area contributed by atoms with Crippen molar-refractivity contribution in [2.75, 3.05) is 6.54 Å². The zero-order valence-electron chi connectivity index (χ0n) is 10.6. The van der Waals surface area contributed by atoms with Crippen molar-refractivity contribution in [1.29, 1.82) is 0 Å². The van der Waals surface area contributed by atoms with Crippen LogP contribution in [0.3, 0.4) is 0 Å². The second-order valence-electron chi connectivity index (χ2n) is 4.48. The average Bonchev–Trinajstić information content (AvgIpc) is 2.26. The van der Waals surface area contributed by atoms with Crippen molar-refractivity contribution in [2.45, 2.75) is 26.8 Å². The van der Waals surface area contributed by atoms with Gasteiger partial charge in [0, 0.05) is 18.2 Å². The smallest absolute Gasteiger partial charge is 0.251 e. The predicted octanol–water partition coefficient (Wildman–Crippen LogP) is 2.13. The molecule has 1 amide bonds. The molecule has 0 bridgehead atoms. The van der Waals surface area contributed by atoms with Crippen LogP contribution in [-0.4, -0.2) is 18.5 Å². The van der Waals surface area contributed by atoms with Crippen LogP contribution in [0.5, 0.6) is 0 Å². The van der Waals surface area contributed by atoms with Crippen LogP contribution in [-0.2, 0) is 0 Å². The third-order valence-electron chi connectivity index (χ3n) is 2.67. The molecule has 0 saturated heterocycles. The number of halogens is 1. The van der Waals surface area contributed by atoms with Gasteiger partial charge < -0.3 is 11.1 Å². The van der Waals surface area contributed by atoms with Gasteiger partial charge in [-0.2, -0.15) is 0 Å². The van der Waals surface area contributed by atoms with Crippen LogP contribution in [0.15, 0.2) is 24.3 Å². The molecule has 0 saturated carbocycles. The van der Waals surface area contributed by atoms with Gasteiger partial charge in [0.25, 0.3) is 5.91 Å². The highest BCUT2D eigenvalue weighted by Gasteiger charge is 2.10. The van der Waals surface area contributed by atoms with E-state index in [9.17, 15) is 4.79 Å². The molecule has 1 aromatic rings. The van der Waals surface area contributed by atoms with Gasteiger partial charge in [-0.1, -0.05) is 31.5 Å². The van der Waals surface area contributed by atoms with Gasteiger partial charge in [0.2, 0.25) is 0 Å². The first-order chi connectivity index (χ1) is 7.50. The number of benzene rings is 1. The molecule has 0 fully saturated rings. The van der Waals surface area contributed by atoms with E-state index in [2.05, 4.69) is 5.32 Å². The molecule has 0 radical (unpaired) electrons. The van der Waals surface area contributed by atoms with Gasteiger partial charge in [0.1, 0.15) is 0 Å². The van der Waals surface area contributed by atoms with Gasteiger partial charge in [0.15, 0.2) is 0 Å². The van der Waals surface area contributed by atoms with E-state index < -0.39 is 0 Å². The molecule has 0 heterocycles. The number of nitrogens with two attached hydrogens (primary N) is 1. The molecule has 1 unspecified atom stereocenters. The molecule has 3 N–H and O–H groups in total. The molecule has 4 heteroatoms. The largest absolute Gasteiger partial charge is 0.350 e. The maximum atomic E-state index is 11.7. The van der Waals surface area contributed by atoms with E-state index in [1.807, 2.05) is 45.0 Å². The Morgan fingerprint density at radius 3 is 2.29 bits per heavy atom. The van der Waals surface area contributed by atoms with E-state index in [1.54, 1.807) is 0 Å². The minimum absolute atomic E-state index is 0. The van der Waals surface area contributed by atoms with Crippen LogP contribution in [0.2, 0.25) is 0 Å². The fourth-order valence-corrected chi connectivity index (χ4v) is 1.25. The molecule has 0 aromatic heterocycles. The minimum Gasteiger partial charge on any atom is -0.350 e. The van der Waals surface area contributed by atoms with Crippen molar-refractivity contribution in [3.8, 4) is 0 Å². The summed E-state index contributed by atoms with van der Waals surface area (Å²) in [6, 6.07) is 7.51. The third kappa shape index (κ3) is 5.20. The Morgan fingerprint density at radius 1 is 1.29 bits per heavy atom. The molecule has 17 heavy (non-hydrogen) atoms. The summed E-state index contributed by atoms with van der Waals surface area (Å²) < 4.78 is 0. The van der Waals surface area contributed by atoms with Crippen LogP contribution in [0.1, 0.15) is 29.8 Å². The summed E-state index contributed by atoms with van der Waals surface area (Å²) in [6.45, 7) is 6.60. The highest BCUT2D eigenvalue weighted by molar-refractivity contribution is 5.94. The van der Waals surface area contributed by atoms with E-state index in [-0.39, 0.29) is 24.4 Å². The second kappa shape index (κ2) is 7.30. The van der Waals surface area contributed by atoms with E-state index in [0.717, 1.165) is 5.56 Å². The van der Waals surface area contributed by atoms with Crippen LogP contribution in [0.25, 0.3) is 0 Å². The molecular weight excluding hydrogens is 236 g/mol. The van der Waals surface area contributed by atoms with Gasteiger partial charge >= 0.3 is 0 Å². The Bertz CT molecular complexity index is 349. The van der Waals surface area contributed by atoms with Crippen molar-refractivity contribution >= 4 is 18.3 Å². The minimum atomic E-state index is -0.0592. The number of hydrogen-bond acceptors (Lipinski definition) is 2. The molecule has 0 aliphatic carbocycles. The number of amides is 1. The van der Waals surface area contributed by atoms with Gasteiger partial charge in [-0.25, -0.2) is 0 Å². The lowest BCUT2D eigenvalue weighted by Gasteiger charge is -2.16. The average molecular weight is 257 g/mol. The molecule has 1 rings (SSSR count). The Hall–Kier alpha value is -1.06. The third-order valence-corrected chi connectivity index (χ3v) is 2.67. The van der Waals surface area contributed by atoms with Crippen LogP contribution < -0.4 is 11.1 Å². The van der Waals surface area contributed by atoms with Crippen molar-refractivity contribution in [2.24, 2.45) is 11.7 Å². The van der Waals surface area contributed by atoms with E-state index in [4.69, 9.17) is 5.73 Å². The van der Waals surface area contributed by atoms with Gasteiger partial charge in [-0.05, 0) is 25.0 Å². The zero-order valence-corrected chi connectivity index (χ0v) is 11.4. The van der Waals surface area contributed by atoms with Crippen LogP contribution >= 0.6 is 12.4 Å². The summed E-state index contributed by atoms with van der Waals surface area (Å²) in [5.41, 5.74) is 7.68. The molecule has 0 aliphatic rings. The van der Waals surface area contributed by atoms with Crippen LogP contribution in [0.4, 0.5) is 0 Å². The normalized spacial score (nSPS) is 11.8. The summed E-state index contributed by atoms with van der Waals surface area (Å²) in [7, 11) is 0. The Kier molecular flexibility index (Phi) is 6.85. The van der Waals surface area contributed by atoms with Gasteiger partial charge in [-0.3, -0.25) is 4.79 Å². The molecule has 1 aromatic carbocycles. The Morgan fingerprint density at radius 2 is 1.82 bits per heavy atom. The first-order valence-corrected chi connectivity index (χ1v) is 5.61. The summed E-state index contributed by atoms with van der Waals surface area (Å²) in [6.07, 6.45) is 0. The van der Waals surface area contributed by atoms with Gasteiger partial charge in [0.05, 0.1) is 0 Å². The fourth-order valence-electron chi connectivity index (χ4n) is 1.25.